The summed E-state index contributed by atoms with van der Waals surface area (Å²) in [5.41, 5.74) is 1.06. The average Bonchev–Trinajstić information content (AvgIpc) is 2.67. The quantitative estimate of drug-likeness (QED) is 0.592. The van der Waals surface area contributed by atoms with Crippen molar-refractivity contribution in [2.75, 3.05) is 33.3 Å². The standard InChI is InChI=1S/C19H20BrF3N2O4S/c1-28-16-5-2-14(3-6-16)13-24-8-10-25(11-9-24)30(26,27)18-7-4-15(20)12-17(18)29-19(21,22)23/h2-7,12H,8-11,13H2,1H3. The molecule has 0 atom stereocenters. The van der Waals surface area contributed by atoms with E-state index in [0.717, 1.165) is 23.4 Å². The van der Waals surface area contributed by atoms with E-state index in [4.69, 9.17) is 4.74 Å². The summed E-state index contributed by atoms with van der Waals surface area (Å²) < 4.78 is 74.7. The molecule has 3 rings (SSSR count). The van der Waals surface area contributed by atoms with E-state index in [0.29, 0.717) is 19.6 Å². The van der Waals surface area contributed by atoms with E-state index >= 15 is 0 Å². The number of halogens is 4. The van der Waals surface area contributed by atoms with Crippen molar-refractivity contribution in [2.45, 2.75) is 17.8 Å². The smallest absolute Gasteiger partial charge is 0.497 e. The van der Waals surface area contributed by atoms with Gasteiger partial charge in [0.05, 0.1) is 7.11 Å². The molecule has 1 fully saturated rings. The number of hydrogen-bond donors (Lipinski definition) is 0. The summed E-state index contributed by atoms with van der Waals surface area (Å²) in [5, 5.41) is 0. The lowest BCUT2D eigenvalue weighted by molar-refractivity contribution is -0.275. The fraction of sp³-hybridized carbons (Fsp3) is 0.368. The van der Waals surface area contributed by atoms with E-state index < -0.39 is 27.0 Å². The average molecular weight is 509 g/mol. The van der Waals surface area contributed by atoms with E-state index in [2.05, 4.69) is 25.6 Å². The van der Waals surface area contributed by atoms with Gasteiger partial charge in [-0.15, -0.1) is 13.2 Å². The molecule has 1 saturated heterocycles. The van der Waals surface area contributed by atoms with Gasteiger partial charge in [0.15, 0.2) is 5.75 Å². The molecule has 11 heteroatoms. The molecule has 0 amide bonds. The van der Waals surface area contributed by atoms with Crippen molar-refractivity contribution in [2.24, 2.45) is 0 Å². The Bertz CT molecular complexity index is 976. The number of benzene rings is 2. The van der Waals surface area contributed by atoms with E-state index in [1.54, 1.807) is 7.11 Å². The van der Waals surface area contributed by atoms with Crippen LogP contribution >= 0.6 is 15.9 Å². The summed E-state index contributed by atoms with van der Waals surface area (Å²) in [5.74, 6) is -0.00132. The van der Waals surface area contributed by atoms with Crippen LogP contribution in [0.1, 0.15) is 5.56 Å². The van der Waals surface area contributed by atoms with Gasteiger partial charge in [-0.25, -0.2) is 8.42 Å². The molecule has 2 aromatic rings. The molecule has 164 valence electrons. The monoisotopic (exact) mass is 508 g/mol. The summed E-state index contributed by atoms with van der Waals surface area (Å²) in [6.07, 6.45) is -5.00. The Hall–Kier alpha value is -1.82. The summed E-state index contributed by atoms with van der Waals surface area (Å²) in [6, 6.07) is 11.1. The van der Waals surface area contributed by atoms with Gasteiger partial charge in [-0.1, -0.05) is 28.1 Å². The largest absolute Gasteiger partial charge is 0.573 e. The molecule has 0 radical (unpaired) electrons. The molecule has 0 aromatic heterocycles. The minimum absolute atomic E-state index is 0.167. The predicted molar refractivity (Wildman–Crippen MR) is 108 cm³/mol. The number of piperazine rings is 1. The third kappa shape index (κ3) is 5.65. The lowest BCUT2D eigenvalue weighted by atomic mass is 10.2. The van der Waals surface area contributed by atoms with E-state index in [1.807, 2.05) is 24.3 Å². The van der Waals surface area contributed by atoms with Gasteiger partial charge in [0.25, 0.3) is 0 Å². The summed E-state index contributed by atoms with van der Waals surface area (Å²) in [4.78, 5) is 1.58. The Balaban J connectivity index is 1.70. The zero-order valence-corrected chi connectivity index (χ0v) is 18.4. The van der Waals surface area contributed by atoms with Gasteiger partial charge in [0, 0.05) is 37.2 Å². The molecule has 0 aliphatic carbocycles. The third-order valence-electron chi connectivity index (χ3n) is 4.65. The van der Waals surface area contributed by atoms with Crippen molar-refractivity contribution >= 4 is 26.0 Å². The van der Waals surface area contributed by atoms with Gasteiger partial charge in [0.1, 0.15) is 10.6 Å². The first-order chi connectivity index (χ1) is 14.1. The Labute approximate surface area is 181 Å². The molecule has 0 N–H and O–H groups in total. The number of hydrogen-bond acceptors (Lipinski definition) is 5. The predicted octanol–water partition coefficient (Wildman–Crippen LogP) is 3.86. The van der Waals surface area contributed by atoms with Crippen molar-refractivity contribution in [3.8, 4) is 11.5 Å². The molecule has 30 heavy (non-hydrogen) atoms. The summed E-state index contributed by atoms with van der Waals surface area (Å²) >= 11 is 3.04. The van der Waals surface area contributed by atoms with E-state index in [-0.39, 0.29) is 17.6 Å². The van der Waals surface area contributed by atoms with Crippen LogP contribution in [0.15, 0.2) is 51.8 Å². The van der Waals surface area contributed by atoms with Crippen LogP contribution in [0.5, 0.6) is 11.5 Å². The Morgan fingerprint density at radius 2 is 1.67 bits per heavy atom. The van der Waals surface area contributed by atoms with Crippen LogP contribution in [0.4, 0.5) is 13.2 Å². The van der Waals surface area contributed by atoms with Crippen molar-refractivity contribution in [1.29, 1.82) is 0 Å². The van der Waals surface area contributed by atoms with Crippen molar-refractivity contribution in [3.63, 3.8) is 0 Å². The number of ether oxygens (including phenoxy) is 2. The van der Waals surface area contributed by atoms with Gasteiger partial charge >= 0.3 is 6.36 Å². The van der Waals surface area contributed by atoms with Crippen LogP contribution in [0.25, 0.3) is 0 Å². The zero-order chi connectivity index (χ0) is 21.9. The number of methoxy groups -OCH3 is 1. The Morgan fingerprint density at radius 3 is 2.23 bits per heavy atom. The lowest BCUT2D eigenvalue weighted by Gasteiger charge is -2.34. The number of alkyl halides is 3. The maximum Gasteiger partial charge on any atom is 0.573 e. The van der Waals surface area contributed by atoms with Gasteiger partial charge in [0.2, 0.25) is 10.0 Å². The second-order valence-corrected chi connectivity index (χ2v) is 9.49. The molecule has 1 heterocycles. The SMILES string of the molecule is COc1ccc(CN2CCN(S(=O)(=O)c3ccc(Br)cc3OC(F)(F)F)CC2)cc1. The fourth-order valence-electron chi connectivity index (χ4n) is 3.16. The second kappa shape index (κ2) is 9.13. The van der Waals surface area contributed by atoms with Crippen LogP contribution in [0.2, 0.25) is 0 Å². The minimum Gasteiger partial charge on any atom is -0.497 e. The first kappa shape index (κ1) is 22.9. The van der Waals surface area contributed by atoms with Gasteiger partial charge in [-0.05, 0) is 35.9 Å². The lowest BCUT2D eigenvalue weighted by Crippen LogP contribution is -2.48. The normalized spacial score (nSPS) is 16.4. The maximum atomic E-state index is 13.0. The van der Waals surface area contributed by atoms with Crippen LogP contribution in [0.3, 0.4) is 0 Å². The molecule has 6 nitrogen and oxygen atoms in total. The molecular formula is C19H20BrF3N2O4S. The first-order valence-corrected chi connectivity index (χ1v) is 11.2. The minimum atomic E-state index is -5.00. The number of rotatable bonds is 6. The molecule has 0 bridgehead atoms. The molecular weight excluding hydrogens is 489 g/mol. The van der Waals surface area contributed by atoms with Gasteiger partial charge in [-0.2, -0.15) is 4.31 Å². The van der Waals surface area contributed by atoms with Gasteiger partial charge in [-0.3, -0.25) is 4.90 Å². The summed E-state index contributed by atoms with van der Waals surface area (Å²) in [6.45, 7) is 1.88. The third-order valence-corrected chi connectivity index (χ3v) is 7.08. The molecule has 0 saturated carbocycles. The topological polar surface area (TPSA) is 59.1 Å². The number of nitrogens with zero attached hydrogens (tertiary/aromatic N) is 2. The summed E-state index contributed by atoms with van der Waals surface area (Å²) in [7, 11) is -2.55. The highest BCUT2D eigenvalue weighted by atomic mass is 79.9. The molecule has 0 spiro atoms. The molecule has 1 aliphatic heterocycles. The van der Waals surface area contributed by atoms with E-state index in [1.165, 1.54) is 10.4 Å². The van der Waals surface area contributed by atoms with E-state index in [9.17, 15) is 21.6 Å². The zero-order valence-electron chi connectivity index (χ0n) is 16.0. The molecule has 0 unspecified atom stereocenters. The first-order valence-electron chi connectivity index (χ1n) is 8.99. The maximum absolute atomic E-state index is 13.0. The fourth-order valence-corrected chi connectivity index (χ4v) is 5.01. The van der Waals surface area contributed by atoms with Crippen LogP contribution < -0.4 is 9.47 Å². The highest BCUT2D eigenvalue weighted by molar-refractivity contribution is 9.10. The number of sulfonamides is 1. The van der Waals surface area contributed by atoms with Crippen molar-refractivity contribution in [1.82, 2.24) is 9.21 Å². The molecule has 2 aromatic carbocycles. The molecule has 1 aliphatic rings. The van der Waals surface area contributed by atoms with Gasteiger partial charge < -0.3 is 9.47 Å². The Morgan fingerprint density at radius 1 is 1.03 bits per heavy atom. The van der Waals surface area contributed by atoms with Crippen LogP contribution in [-0.4, -0.2) is 57.3 Å². The Kier molecular flexibility index (Phi) is 6.95. The van der Waals surface area contributed by atoms with Crippen molar-refractivity contribution in [3.05, 3.63) is 52.5 Å². The van der Waals surface area contributed by atoms with Crippen molar-refractivity contribution < 1.29 is 31.1 Å². The highest BCUT2D eigenvalue weighted by Gasteiger charge is 2.36. The second-order valence-electron chi connectivity index (χ2n) is 6.67. The van der Waals surface area contributed by atoms with Crippen LogP contribution in [-0.2, 0) is 16.6 Å². The highest BCUT2D eigenvalue weighted by Crippen LogP contribution is 2.34. The van der Waals surface area contributed by atoms with Crippen LogP contribution in [0, 0.1) is 0 Å².